The number of likely N-dealkylation sites (tertiary alicyclic amines) is 1. The fourth-order valence-corrected chi connectivity index (χ4v) is 4.58. The second-order valence-electron chi connectivity index (χ2n) is 8.57. The highest BCUT2D eigenvalue weighted by atomic mass is 19.1. The van der Waals surface area contributed by atoms with Crippen LogP contribution in [0.1, 0.15) is 42.1 Å². The van der Waals surface area contributed by atoms with Gasteiger partial charge in [-0.2, -0.15) is 0 Å². The highest BCUT2D eigenvalue weighted by Gasteiger charge is 2.42. The average Bonchev–Trinajstić information content (AvgIpc) is 2.84. The number of ketones is 2. The molecular formula is C28H28FNO3. The summed E-state index contributed by atoms with van der Waals surface area (Å²) in [6, 6.07) is 23.0. The highest BCUT2D eigenvalue weighted by Crippen LogP contribution is 2.42. The van der Waals surface area contributed by atoms with Crippen molar-refractivity contribution in [3.63, 3.8) is 0 Å². The maximum Gasteiger partial charge on any atom is 0.164 e. The topological polar surface area (TPSA) is 46.6 Å². The maximum absolute atomic E-state index is 13.1. The predicted octanol–water partition coefficient (Wildman–Crippen LogP) is 5.81. The third-order valence-corrected chi connectivity index (χ3v) is 6.58. The van der Waals surface area contributed by atoms with Crippen molar-refractivity contribution in [2.24, 2.45) is 0 Å². The lowest BCUT2D eigenvalue weighted by atomic mass is 9.69. The van der Waals surface area contributed by atoms with Crippen LogP contribution in [-0.4, -0.2) is 36.1 Å². The number of ether oxygens (including phenoxy) is 1. The molecule has 0 spiro atoms. The number of carbonyl (C=O) groups is 2. The Bertz CT molecular complexity index is 1100. The van der Waals surface area contributed by atoms with Gasteiger partial charge in [0.1, 0.15) is 23.1 Å². The third kappa shape index (κ3) is 5.20. The molecule has 1 aliphatic heterocycles. The number of Topliss-reactive ketones (excluding diaryl/α,β-unsaturated/α-hetero) is 2. The van der Waals surface area contributed by atoms with Crippen LogP contribution in [0.25, 0.3) is 0 Å². The van der Waals surface area contributed by atoms with E-state index in [0.29, 0.717) is 37.1 Å². The van der Waals surface area contributed by atoms with E-state index in [1.165, 1.54) is 24.3 Å². The van der Waals surface area contributed by atoms with Crippen molar-refractivity contribution in [2.45, 2.75) is 31.6 Å². The summed E-state index contributed by atoms with van der Waals surface area (Å²) >= 11 is 0. The molecule has 0 aliphatic carbocycles. The van der Waals surface area contributed by atoms with E-state index < -0.39 is 5.41 Å². The minimum Gasteiger partial charge on any atom is -0.457 e. The van der Waals surface area contributed by atoms with E-state index in [1.54, 1.807) is 6.92 Å². The molecule has 0 saturated carbocycles. The quantitative estimate of drug-likeness (QED) is 0.410. The molecule has 0 radical (unpaired) electrons. The molecule has 0 atom stereocenters. The number of benzene rings is 3. The third-order valence-electron chi connectivity index (χ3n) is 6.58. The minimum absolute atomic E-state index is 0.0000105. The van der Waals surface area contributed by atoms with Gasteiger partial charge in [0.25, 0.3) is 0 Å². The molecule has 4 nitrogen and oxygen atoms in total. The van der Waals surface area contributed by atoms with Gasteiger partial charge in [0.05, 0.1) is 5.41 Å². The second-order valence-corrected chi connectivity index (χ2v) is 8.57. The Hall–Kier alpha value is -3.31. The van der Waals surface area contributed by atoms with Crippen molar-refractivity contribution in [3.8, 4) is 11.5 Å². The number of piperidine rings is 1. The second kappa shape index (κ2) is 10.1. The molecule has 33 heavy (non-hydrogen) atoms. The molecule has 4 rings (SSSR count). The Morgan fingerprint density at radius 2 is 1.55 bits per heavy atom. The van der Waals surface area contributed by atoms with Crippen molar-refractivity contribution >= 4 is 11.6 Å². The van der Waals surface area contributed by atoms with E-state index in [2.05, 4.69) is 4.90 Å². The zero-order chi connectivity index (χ0) is 23.3. The van der Waals surface area contributed by atoms with Crippen LogP contribution in [-0.2, 0) is 10.2 Å². The summed E-state index contributed by atoms with van der Waals surface area (Å²) in [5.74, 6) is 1.23. The largest absolute Gasteiger partial charge is 0.457 e. The molecule has 1 saturated heterocycles. The lowest BCUT2D eigenvalue weighted by molar-refractivity contribution is -0.124. The molecule has 0 N–H and O–H groups in total. The van der Waals surface area contributed by atoms with Gasteiger partial charge < -0.3 is 9.64 Å². The van der Waals surface area contributed by atoms with Gasteiger partial charge in [-0.3, -0.25) is 9.59 Å². The normalized spacial score (nSPS) is 15.7. The maximum atomic E-state index is 13.1. The van der Waals surface area contributed by atoms with Crippen LogP contribution in [0, 0.1) is 5.82 Å². The zero-order valence-electron chi connectivity index (χ0n) is 18.8. The highest BCUT2D eigenvalue weighted by molar-refractivity contribution is 5.96. The smallest absolute Gasteiger partial charge is 0.164 e. The van der Waals surface area contributed by atoms with Gasteiger partial charge in [0.2, 0.25) is 0 Å². The summed E-state index contributed by atoms with van der Waals surface area (Å²) in [7, 11) is 0. The number of para-hydroxylation sites is 2. The first-order valence-corrected chi connectivity index (χ1v) is 11.3. The lowest BCUT2D eigenvalue weighted by Gasteiger charge is -2.41. The summed E-state index contributed by atoms with van der Waals surface area (Å²) in [5.41, 5.74) is 0.838. The van der Waals surface area contributed by atoms with E-state index >= 15 is 0 Å². The first-order valence-electron chi connectivity index (χ1n) is 11.3. The number of halogens is 1. The predicted molar refractivity (Wildman–Crippen MR) is 126 cm³/mol. The standard InChI is InChI=1S/C28H28FNO3/c1-21(31)28(25-9-5-6-10-27(25)33-24-7-3-2-4-8-24)16-19-30(20-17-28)18-15-26(32)22-11-13-23(29)14-12-22/h2-14H,15-20H2,1H3. The molecule has 1 heterocycles. The molecular weight excluding hydrogens is 417 g/mol. The molecule has 3 aromatic carbocycles. The SMILES string of the molecule is CC(=O)C1(c2ccccc2Oc2ccccc2)CCN(CCC(=O)c2ccc(F)cc2)CC1. The van der Waals surface area contributed by atoms with E-state index in [0.717, 1.165) is 24.4 Å². The van der Waals surface area contributed by atoms with Gasteiger partial charge in [-0.15, -0.1) is 0 Å². The van der Waals surface area contributed by atoms with Gasteiger partial charge in [0.15, 0.2) is 5.78 Å². The number of hydrogen-bond acceptors (Lipinski definition) is 4. The Labute approximate surface area is 194 Å². The van der Waals surface area contributed by atoms with Crippen LogP contribution in [0.4, 0.5) is 4.39 Å². The van der Waals surface area contributed by atoms with Crippen molar-refractivity contribution in [1.29, 1.82) is 0 Å². The Balaban J connectivity index is 1.45. The molecule has 170 valence electrons. The molecule has 1 fully saturated rings. The van der Waals surface area contributed by atoms with Crippen LogP contribution in [0.2, 0.25) is 0 Å². The first-order chi connectivity index (χ1) is 16.0. The summed E-state index contributed by atoms with van der Waals surface area (Å²) in [6.07, 6.45) is 1.71. The molecule has 5 heteroatoms. The van der Waals surface area contributed by atoms with Crippen molar-refractivity contribution in [2.75, 3.05) is 19.6 Å². The van der Waals surface area contributed by atoms with Crippen LogP contribution in [0.5, 0.6) is 11.5 Å². The molecule has 1 aliphatic rings. The Kier molecular flexibility index (Phi) is 6.99. The summed E-state index contributed by atoms with van der Waals surface area (Å²) in [6.45, 7) is 3.71. The van der Waals surface area contributed by atoms with Crippen LogP contribution < -0.4 is 4.74 Å². The molecule has 3 aromatic rings. The van der Waals surface area contributed by atoms with Gasteiger partial charge in [0, 0.05) is 24.1 Å². The monoisotopic (exact) mass is 445 g/mol. The van der Waals surface area contributed by atoms with E-state index in [-0.39, 0.29) is 17.4 Å². The van der Waals surface area contributed by atoms with Crippen LogP contribution in [0.3, 0.4) is 0 Å². The summed E-state index contributed by atoms with van der Waals surface area (Å²) in [4.78, 5) is 27.6. The fourth-order valence-electron chi connectivity index (χ4n) is 4.58. The van der Waals surface area contributed by atoms with Gasteiger partial charge in [-0.05, 0) is 75.3 Å². The van der Waals surface area contributed by atoms with Crippen LogP contribution in [0.15, 0.2) is 78.9 Å². The minimum atomic E-state index is -0.608. The number of nitrogens with zero attached hydrogens (tertiary/aromatic N) is 1. The van der Waals surface area contributed by atoms with E-state index in [1.807, 2.05) is 54.6 Å². The Morgan fingerprint density at radius 1 is 0.909 bits per heavy atom. The van der Waals surface area contributed by atoms with E-state index in [9.17, 15) is 14.0 Å². The van der Waals surface area contributed by atoms with Gasteiger partial charge >= 0.3 is 0 Å². The molecule has 0 aromatic heterocycles. The number of carbonyl (C=O) groups excluding carboxylic acids is 2. The van der Waals surface area contributed by atoms with Gasteiger partial charge in [-0.1, -0.05) is 36.4 Å². The fraction of sp³-hybridized carbons (Fsp3) is 0.286. The first kappa shape index (κ1) is 22.9. The van der Waals surface area contributed by atoms with Gasteiger partial charge in [-0.25, -0.2) is 4.39 Å². The lowest BCUT2D eigenvalue weighted by Crippen LogP contribution is -2.47. The van der Waals surface area contributed by atoms with Crippen molar-refractivity contribution < 1.29 is 18.7 Å². The Morgan fingerprint density at radius 3 is 2.21 bits per heavy atom. The molecule has 0 amide bonds. The average molecular weight is 446 g/mol. The summed E-state index contributed by atoms with van der Waals surface area (Å²) < 4.78 is 19.3. The summed E-state index contributed by atoms with van der Waals surface area (Å²) in [5, 5.41) is 0. The van der Waals surface area contributed by atoms with E-state index in [4.69, 9.17) is 4.74 Å². The number of hydrogen-bond donors (Lipinski definition) is 0. The molecule has 0 unspecified atom stereocenters. The van der Waals surface area contributed by atoms with Crippen molar-refractivity contribution in [3.05, 3.63) is 95.8 Å². The molecule has 0 bridgehead atoms. The zero-order valence-corrected chi connectivity index (χ0v) is 18.8. The number of rotatable bonds is 8. The van der Waals surface area contributed by atoms with Crippen molar-refractivity contribution in [1.82, 2.24) is 4.90 Å². The van der Waals surface area contributed by atoms with Crippen LogP contribution >= 0.6 is 0 Å².